The van der Waals surface area contributed by atoms with E-state index in [1.807, 2.05) is 43.0 Å². The minimum atomic E-state index is -3.02. The largest absolute Gasteiger partial charge is 0.497 e. The van der Waals surface area contributed by atoms with Crippen LogP contribution in [0.1, 0.15) is 25.8 Å². The quantitative estimate of drug-likeness (QED) is 0.717. The van der Waals surface area contributed by atoms with Gasteiger partial charge in [0.1, 0.15) is 5.75 Å². The Morgan fingerprint density at radius 2 is 2.00 bits per heavy atom. The summed E-state index contributed by atoms with van der Waals surface area (Å²) in [6.07, 6.45) is 1.16. The molecule has 1 aromatic carbocycles. The number of nitrogens with zero attached hydrogens (tertiary/aromatic N) is 2. The molecule has 2 aliphatic rings. The summed E-state index contributed by atoms with van der Waals surface area (Å²) in [6.45, 7) is 4.62. The van der Waals surface area contributed by atoms with Crippen molar-refractivity contribution >= 4 is 32.7 Å². The number of sulfone groups is 1. The van der Waals surface area contributed by atoms with E-state index in [9.17, 15) is 13.2 Å². The Morgan fingerprint density at radius 3 is 2.63 bits per heavy atom. The van der Waals surface area contributed by atoms with E-state index in [1.54, 1.807) is 7.11 Å². The normalized spacial score (nSPS) is 25.2. The van der Waals surface area contributed by atoms with E-state index in [4.69, 9.17) is 4.74 Å². The maximum atomic E-state index is 12.2. The fraction of sp³-hybridized carbons (Fsp3) is 0.579. The molecule has 0 N–H and O–H groups in total. The summed E-state index contributed by atoms with van der Waals surface area (Å²) in [6, 6.07) is 7.75. The number of hydrogen-bond donors (Lipinski definition) is 0. The van der Waals surface area contributed by atoms with E-state index in [0.717, 1.165) is 17.7 Å². The third-order valence-electron chi connectivity index (χ3n) is 4.78. The Morgan fingerprint density at radius 1 is 1.30 bits per heavy atom. The molecule has 3 rings (SSSR count). The number of carbonyl (C=O) groups excluding carboxylic acids is 1. The van der Waals surface area contributed by atoms with Gasteiger partial charge in [-0.05, 0) is 30.0 Å². The minimum absolute atomic E-state index is 0.0310. The van der Waals surface area contributed by atoms with E-state index < -0.39 is 9.84 Å². The molecule has 0 aromatic heterocycles. The van der Waals surface area contributed by atoms with Crippen molar-refractivity contribution in [3.05, 3.63) is 29.8 Å². The summed E-state index contributed by atoms with van der Waals surface area (Å²) in [5.74, 6) is 1.23. The van der Waals surface area contributed by atoms with Crippen molar-refractivity contribution in [3.8, 4) is 5.75 Å². The fourth-order valence-electron chi connectivity index (χ4n) is 3.44. The van der Waals surface area contributed by atoms with Gasteiger partial charge in [-0.25, -0.2) is 8.42 Å². The maximum Gasteiger partial charge on any atom is 0.248 e. The number of benzene rings is 1. The van der Waals surface area contributed by atoms with Crippen LogP contribution in [0.2, 0.25) is 0 Å². The van der Waals surface area contributed by atoms with Crippen LogP contribution in [0.5, 0.6) is 5.75 Å². The molecule has 0 radical (unpaired) electrons. The van der Waals surface area contributed by atoms with Crippen LogP contribution in [-0.2, 0) is 21.1 Å². The van der Waals surface area contributed by atoms with Crippen molar-refractivity contribution in [2.75, 3.05) is 25.2 Å². The average Bonchev–Trinajstić information content (AvgIpc) is 3.04. The Labute approximate surface area is 165 Å². The second kappa shape index (κ2) is 8.22. The van der Waals surface area contributed by atoms with Crippen LogP contribution in [0.15, 0.2) is 29.3 Å². The number of thioether (sulfide) groups is 1. The van der Waals surface area contributed by atoms with Crippen molar-refractivity contribution in [1.29, 1.82) is 0 Å². The van der Waals surface area contributed by atoms with Gasteiger partial charge in [-0.15, -0.1) is 0 Å². The maximum absolute atomic E-state index is 12.2. The van der Waals surface area contributed by atoms with Crippen LogP contribution in [-0.4, -0.2) is 60.8 Å². The van der Waals surface area contributed by atoms with Crippen molar-refractivity contribution in [2.45, 2.75) is 38.0 Å². The molecule has 2 heterocycles. The van der Waals surface area contributed by atoms with Gasteiger partial charge in [0, 0.05) is 18.2 Å². The molecule has 6 nitrogen and oxygen atoms in total. The van der Waals surface area contributed by atoms with Gasteiger partial charge in [0.05, 0.1) is 24.7 Å². The zero-order valence-corrected chi connectivity index (χ0v) is 17.6. The molecule has 2 saturated heterocycles. The molecule has 1 amide bonds. The molecular weight excluding hydrogens is 384 g/mol. The Hall–Kier alpha value is -1.54. The van der Waals surface area contributed by atoms with Crippen LogP contribution in [0, 0.1) is 5.92 Å². The van der Waals surface area contributed by atoms with Crippen molar-refractivity contribution < 1.29 is 17.9 Å². The van der Waals surface area contributed by atoms with Crippen molar-refractivity contribution in [1.82, 2.24) is 4.90 Å². The average molecular weight is 411 g/mol. The first-order valence-electron chi connectivity index (χ1n) is 9.15. The van der Waals surface area contributed by atoms with Crippen LogP contribution in [0.3, 0.4) is 0 Å². The van der Waals surface area contributed by atoms with Gasteiger partial charge in [-0.2, -0.15) is 4.99 Å². The van der Waals surface area contributed by atoms with Crippen LogP contribution < -0.4 is 4.74 Å². The van der Waals surface area contributed by atoms with Crippen LogP contribution in [0.25, 0.3) is 0 Å². The molecule has 0 spiro atoms. The summed E-state index contributed by atoms with van der Waals surface area (Å²) in [7, 11) is -1.39. The van der Waals surface area contributed by atoms with E-state index in [0.29, 0.717) is 18.1 Å². The van der Waals surface area contributed by atoms with Gasteiger partial charge in [0.15, 0.2) is 15.0 Å². The second-order valence-electron chi connectivity index (χ2n) is 7.48. The Balaban J connectivity index is 1.75. The third-order valence-corrected chi connectivity index (χ3v) is 8.03. The van der Waals surface area contributed by atoms with Gasteiger partial charge < -0.3 is 9.64 Å². The fourth-order valence-corrected chi connectivity index (χ4v) is 7.44. The third kappa shape index (κ3) is 5.04. The van der Waals surface area contributed by atoms with Gasteiger partial charge in [0.2, 0.25) is 5.91 Å². The lowest BCUT2D eigenvalue weighted by atomic mass is 10.1. The lowest BCUT2D eigenvalue weighted by Gasteiger charge is -2.24. The second-order valence-corrected chi connectivity index (χ2v) is 10.8. The number of carbonyl (C=O) groups is 1. The topological polar surface area (TPSA) is 76.0 Å². The highest BCUT2D eigenvalue weighted by atomic mass is 32.2. The number of aliphatic imine (C=N–C) groups is 1. The van der Waals surface area contributed by atoms with E-state index in [1.165, 1.54) is 11.8 Å². The van der Waals surface area contributed by atoms with Gasteiger partial charge in [-0.1, -0.05) is 37.7 Å². The molecule has 27 heavy (non-hydrogen) atoms. The SMILES string of the molecule is COc1ccc(CCN2C(=NC(=O)CC(C)C)S[C@H]3CS(=O)(=O)C[C@@H]32)cc1. The molecule has 2 fully saturated rings. The first-order valence-corrected chi connectivity index (χ1v) is 11.9. The van der Waals surface area contributed by atoms with Crippen molar-refractivity contribution in [2.24, 2.45) is 10.9 Å². The Bertz CT molecular complexity index is 819. The molecule has 1 aromatic rings. The predicted octanol–water partition coefficient (Wildman–Crippen LogP) is 2.38. The van der Waals surface area contributed by atoms with E-state index in [-0.39, 0.29) is 34.6 Å². The monoisotopic (exact) mass is 410 g/mol. The lowest BCUT2D eigenvalue weighted by molar-refractivity contribution is -0.118. The first kappa shape index (κ1) is 20.2. The number of ether oxygens (including phenoxy) is 1. The first-order chi connectivity index (χ1) is 12.8. The molecule has 2 atom stereocenters. The lowest BCUT2D eigenvalue weighted by Crippen LogP contribution is -2.39. The molecular formula is C19H26N2O4S2. The standard InChI is InChI=1S/C19H26N2O4S2/c1-13(2)10-18(22)20-19-21(16-11-27(23,24)12-17(16)26-19)9-8-14-4-6-15(25-3)7-5-14/h4-7,13,16-17H,8-12H2,1-3H3/t16-,17-/m0/s1. The number of methoxy groups -OCH3 is 1. The summed E-state index contributed by atoms with van der Waals surface area (Å²) in [5.41, 5.74) is 1.14. The molecule has 0 saturated carbocycles. The van der Waals surface area contributed by atoms with Gasteiger partial charge >= 0.3 is 0 Å². The predicted molar refractivity (Wildman–Crippen MR) is 109 cm³/mol. The summed E-state index contributed by atoms with van der Waals surface area (Å²) < 4.78 is 29.3. The molecule has 2 aliphatic heterocycles. The van der Waals surface area contributed by atoms with E-state index >= 15 is 0 Å². The van der Waals surface area contributed by atoms with Crippen LogP contribution in [0.4, 0.5) is 0 Å². The number of rotatable bonds is 6. The number of hydrogen-bond acceptors (Lipinski definition) is 5. The van der Waals surface area contributed by atoms with E-state index in [2.05, 4.69) is 4.99 Å². The minimum Gasteiger partial charge on any atom is -0.497 e. The van der Waals surface area contributed by atoms with Crippen LogP contribution >= 0.6 is 11.8 Å². The van der Waals surface area contributed by atoms with Crippen molar-refractivity contribution in [3.63, 3.8) is 0 Å². The zero-order chi connectivity index (χ0) is 19.6. The summed E-state index contributed by atoms with van der Waals surface area (Å²) >= 11 is 1.44. The molecule has 8 heteroatoms. The molecule has 0 bridgehead atoms. The number of fused-ring (bicyclic) bond motifs is 1. The number of amides is 1. The van der Waals surface area contributed by atoms with Gasteiger partial charge in [0.25, 0.3) is 0 Å². The highest BCUT2D eigenvalue weighted by molar-refractivity contribution is 8.15. The molecule has 0 aliphatic carbocycles. The van der Waals surface area contributed by atoms with Gasteiger partial charge in [-0.3, -0.25) is 4.79 Å². The highest BCUT2D eigenvalue weighted by Crippen LogP contribution is 2.38. The highest BCUT2D eigenvalue weighted by Gasteiger charge is 2.48. The molecule has 0 unspecified atom stereocenters. The summed E-state index contributed by atoms with van der Waals surface area (Å²) in [4.78, 5) is 18.5. The number of amidine groups is 1. The zero-order valence-electron chi connectivity index (χ0n) is 15.9. The smallest absolute Gasteiger partial charge is 0.248 e. The Kier molecular flexibility index (Phi) is 6.15. The summed E-state index contributed by atoms with van der Waals surface area (Å²) in [5, 5.41) is 0.649. The molecule has 148 valence electrons.